The molecular weight excluding hydrogens is 492 g/mol. The fourth-order valence-corrected chi connectivity index (χ4v) is 4.00. The van der Waals surface area contributed by atoms with Crippen molar-refractivity contribution in [2.24, 2.45) is 0 Å². The average molecular weight is 509 g/mol. The second kappa shape index (κ2) is 8.29. The third-order valence-corrected chi connectivity index (χ3v) is 5.82. The minimum atomic E-state index is -0.560. The number of Topliss-reactive ketones (excluding diaryl/α,β-unsaturated/α-hetero) is 1. The van der Waals surface area contributed by atoms with E-state index >= 15 is 0 Å². The van der Waals surface area contributed by atoms with Gasteiger partial charge in [0.2, 0.25) is 12.6 Å². The highest BCUT2D eigenvalue weighted by atomic mass is 79.9. The summed E-state index contributed by atoms with van der Waals surface area (Å²) in [5, 5.41) is 0. The summed E-state index contributed by atoms with van der Waals surface area (Å²) in [4.78, 5) is 25.6. The number of rotatable bonds is 4. The van der Waals surface area contributed by atoms with Gasteiger partial charge in [-0.05, 0) is 61.5 Å². The second-order valence-corrected chi connectivity index (χ2v) is 8.26. The van der Waals surface area contributed by atoms with Crippen LogP contribution in [0.1, 0.15) is 31.8 Å². The maximum Gasteiger partial charge on any atom is 0.343 e. The van der Waals surface area contributed by atoms with Gasteiger partial charge in [-0.1, -0.05) is 15.9 Å². The van der Waals surface area contributed by atoms with Crippen molar-refractivity contribution in [3.8, 4) is 28.7 Å². The highest BCUT2D eigenvalue weighted by molar-refractivity contribution is 9.10. The van der Waals surface area contributed by atoms with E-state index in [4.69, 9.17) is 23.7 Å². The van der Waals surface area contributed by atoms with E-state index in [9.17, 15) is 9.59 Å². The van der Waals surface area contributed by atoms with Crippen LogP contribution < -0.4 is 23.7 Å². The molecule has 3 aromatic carbocycles. The summed E-state index contributed by atoms with van der Waals surface area (Å²) >= 11 is 3.42. The van der Waals surface area contributed by atoms with Crippen molar-refractivity contribution >= 4 is 33.8 Å². The number of benzene rings is 3. The van der Waals surface area contributed by atoms with Crippen LogP contribution in [0.15, 0.2) is 58.8 Å². The zero-order valence-electron chi connectivity index (χ0n) is 17.6. The highest BCUT2D eigenvalue weighted by Crippen LogP contribution is 2.40. The van der Waals surface area contributed by atoms with Crippen LogP contribution in [-0.2, 0) is 0 Å². The maximum absolute atomic E-state index is 12.9. The molecule has 0 aromatic heterocycles. The van der Waals surface area contributed by atoms with Crippen molar-refractivity contribution in [2.75, 3.05) is 13.9 Å². The van der Waals surface area contributed by atoms with E-state index in [-0.39, 0.29) is 18.3 Å². The van der Waals surface area contributed by atoms with Crippen molar-refractivity contribution in [3.05, 3.63) is 81.0 Å². The van der Waals surface area contributed by atoms with Crippen LogP contribution in [0.3, 0.4) is 0 Å². The van der Waals surface area contributed by atoms with Crippen LogP contribution in [0.4, 0.5) is 0 Å². The van der Waals surface area contributed by atoms with E-state index < -0.39 is 5.97 Å². The smallest absolute Gasteiger partial charge is 0.343 e. The predicted molar refractivity (Wildman–Crippen MR) is 122 cm³/mol. The van der Waals surface area contributed by atoms with Gasteiger partial charge in [-0.3, -0.25) is 4.79 Å². The lowest BCUT2D eigenvalue weighted by atomic mass is 10.1. The molecule has 0 amide bonds. The summed E-state index contributed by atoms with van der Waals surface area (Å²) < 4.78 is 28.3. The zero-order valence-corrected chi connectivity index (χ0v) is 19.2. The van der Waals surface area contributed by atoms with E-state index in [1.165, 1.54) is 0 Å². The molecule has 3 aromatic rings. The van der Waals surface area contributed by atoms with E-state index in [2.05, 4.69) is 15.9 Å². The molecule has 166 valence electrons. The number of fused-ring (bicyclic) bond motifs is 2. The van der Waals surface area contributed by atoms with Crippen molar-refractivity contribution in [1.82, 2.24) is 0 Å². The molecule has 2 aliphatic rings. The lowest BCUT2D eigenvalue weighted by Gasteiger charge is -2.10. The van der Waals surface area contributed by atoms with Crippen LogP contribution in [0, 0.1) is 6.92 Å². The van der Waals surface area contributed by atoms with E-state index in [0.717, 1.165) is 4.47 Å². The Morgan fingerprint density at radius 3 is 2.64 bits per heavy atom. The number of hydrogen-bond acceptors (Lipinski definition) is 7. The Morgan fingerprint density at radius 1 is 1.03 bits per heavy atom. The Balaban J connectivity index is 1.42. The number of halogens is 1. The minimum absolute atomic E-state index is 0.116. The normalized spacial score (nSPS) is 14.8. The summed E-state index contributed by atoms with van der Waals surface area (Å²) in [6.45, 7) is 1.85. The summed E-state index contributed by atoms with van der Waals surface area (Å²) in [6.07, 6.45) is 1.63. The maximum atomic E-state index is 12.9. The molecule has 2 aliphatic heterocycles. The number of carbonyl (C=O) groups is 2. The molecule has 0 fully saturated rings. The number of carbonyl (C=O) groups excluding carboxylic acids is 2. The molecule has 0 saturated heterocycles. The minimum Gasteiger partial charge on any atom is -0.496 e. The number of allylic oxidation sites excluding steroid dienone is 1. The summed E-state index contributed by atoms with van der Waals surface area (Å²) in [7, 11) is 1.56. The molecule has 0 N–H and O–H groups in total. The fraction of sp³-hybridized carbons (Fsp3) is 0.120. The lowest BCUT2D eigenvalue weighted by Crippen LogP contribution is -2.09. The van der Waals surface area contributed by atoms with E-state index in [1.807, 2.05) is 12.1 Å². The van der Waals surface area contributed by atoms with Crippen molar-refractivity contribution < 1.29 is 33.3 Å². The zero-order chi connectivity index (χ0) is 23.1. The Morgan fingerprint density at radius 2 is 1.82 bits per heavy atom. The largest absolute Gasteiger partial charge is 0.496 e. The predicted octanol–water partition coefficient (Wildman–Crippen LogP) is 5.33. The molecule has 0 aliphatic carbocycles. The topological polar surface area (TPSA) is 80.3 Å². The van der Waals surface area contributed by atoms with Crippen LogP contribution in [0.25, 0.3) is 6.08 Å². The Bertz CT molecular complexity index is 1340. The van der Waals surface area contributed by atoms with Crippen LogP contribution in [0.2, 0.25) is 0 Å². The van der Waals surface area contributed by atoms with Crippen molar-refractivity contribution in [2.45, 2.75) is 6.92 Å². The molecule has 0 saturated carbocycles. The number of hydrogen-bond donors (Lipinski definition) is 0. The van der Waals surface area contributed by atoms with Gasteiger partial charge in [0.15, 0.2) is 17.3 Å². The molecular formula is C25H17BrO7. The van der Waals surface area contributed by atoms with Gasteiger partial charge in [-0.2, -0.15) is 0 Å². The molecule has 5 rings (SSSR count). The standard InChI is InChI=1S/C25H17BrO7/c1-13-18(33-25(28)14-3-6-20-21(10-14)31-12-30-20)8-5-17-23(27)22(32-24(13)17)11-15-9-16(26)4-7-19(15)29-2/h3-11H,12H2,1-2H3/b22-11-. The van der Waals surface area contributed by atoms with Crippen LogP contribution >= 0.6 is 15.9 Å². The Labute approximate surface area is 197 Å². The fourth-order valence-electron chi connectivity index (χ4n) is 3.62. The first kappa shape index (κ1) is 21.1. The summed E-state index contributed by atoms with van der Waals surface area (Å²) in [5.74, 6) is 1.66. The van der Waals surface area contributed by atoms with Gasteiger partial charge >= 0.3 is 5.97 Å². The molecule has 0 spiro atoms. The lowest BCUT2D eigenvalue weighted by molar-refractivity contribution is 0.0732. The van der Waals surface area contributed by atoms with Gasteiger partial charge in [0.05, 0.1) is 18.2 Å². The summed E-state index contributed by atoms with van der Waals surface area (Å²) in [6, 6.07) is 13.5. The molecule has 33 heavy (non-hydrogen) atoms. The monoisotopic (exact) mass is 508 g/mol. The van der Waals surface area contributed by atoms with E-state index in [0.29, 0.717) is 51.0 Å². The molecule has 0 bridgehead atoms. The summed E-state index contributed by atoms with van der Waals surface area (Å²) in [5.41, 5.74) is 1.95. The number of ether oxygens (including phenoxy) is 5. The SMILES string of the molecule is COc1ccc(Br)cc1/C=C1\Oc2c(ccc(OC(=O)c3ccc4c(c3)OCO4)c2C)C1=O. The van der Waals surface area contributed by atoms with Gasteiger partial charge in [0.1, 0.15) is 17.2 Å². The molecule has 2 heterocycles. The number of esters is 1. The van der Waals surface area contributed by atoms with Crippen LogP contribution in [-0.4, -0.2) is 25.7 Å². The number of ketones is 1. The third-order valence-electron chi connectivity index (χ3n) is 5.33. The van der Waals surface area contributed by atoms with Crippen molar-refractivity contribution in [1.29, 1.82) is 0 Å². The molecule has 7 nitrogen and oxygen atoms in total. The third kappa shape index (κ3) is 3.82. The van der Waals surface area contributed by atoms with Gasteiger partial charge in [-0.15, -0.1) is 0 Å². The molecule has 0 atom stereocenters. The van der Waals surface area contributed by atoms with Gasteiger partial charge in [-0.25, -0.2) is 4.79 Å². The van der Waals surface area contributed by atoms with Gasteiger partial charge in [0, 0.05) is 15.6 Å². The average Bonchev–Trinajstić information content (AvgIpc) is 3.40. The van der Waals surface area contributed by atoms with E-state index in [1.54, 1.807) is 56.5 Å². The van der Waals surface area contributed by atoms with Gasteiger partial charge < -0.3 is 23.7 Å². The molecule has 0 radical (unpaired) electrons. The highest BCUT2D eigenvalue weighted by Gasteiger charge is 2.31. The first-order valence-corrected chi connectivity index (χ1v) is 10.8. The first-order chi connectivity index (χ1) is 15.9. The number of methoxy groups -OCH3 is 1. The van der Waals surface area contributed by atoms with Gasteiger partial charge in [0.25, 0.3) is 0 Å². The van der Waals surface area contributed by atoms with Crippen LogP contribution in [0.5, 0.6) is 28.7 Å². The van der Waals surface area contributed by atoms with Crippen molar-refractivity contribution in [3.63, 3.8) is 0 Å². The first-order valence-electron chi connectivity index (χ1n) is 9.98. The Kier molecular flexibility index (Phi) is 5.30. The second-order valence-electron chi connectivity index (χ2n) is 7.35. The molecule has 0 unspecified atom stereocenters. The molecule has 8 heteroatoms. The quantitative estimate of drug-likeness (QED) is 0.267. The Hall–Kier alpha value is -3.78.